The summed E-state index contributed by atoms with van der Waals surface area (Å²) in [6.45, 7) is 0.668. The number of nitrogens with zero attached hydrogens (tertiary/aromatic N) is 2. The van der Waals surface area contributed by atoms with E-state index in [-0.39, 0.29) is 17.6 Å². The fourth-order valence-electron chi connectivity index (χ4n) is 3.12. The molecule has 4 nitrogen and oxygen atoms in total. The maximum Gasteiger partial charge on any atom is 0.320 e. The highest BCUT2D eigenvalue weighted by atomic mass is 35.5. The number of benzene rings is 1. The molecular formula is C18H19ClN2O2. The van der Waals surface area contributed by atoms with Gasteiger partial charge in [0.1, 0.15) is 0 Å². The quantitative estimate of drug-likeness (QED) is 0.622. The molecule has 2 heterocycles. The van der Waals surface area contributed by atoms with Crippen LogP contribution in [0.2, 0.25) is 5.02 Å². The molecule has 0 radical (unpaired) electrons. The van der Waals surface area contributed by atoms with Gasteiger partial charge in [0, 0.05) is 23.7 Å². The summed E-state index contributed by atoms with van der Waals surface area (Å²) in [5.41, 5.74) is 1.24. The predicted octanol–water partition coefficient (Wildman–Crippen LogP) is 3.73. The smallest absolute Gasteiger partial charge is 0.320 e. The second-order valence-corrected chi connectivity index (χ2v) is 6.26. The Balaban J connectivity index is 1.94. The van der Waals surface area contributed by atoms with Crippen molar-refractivity contribution in [1.82, 2.24) is 4.90 Å². The van der Waals surface area contributed by atoms with Gasteiger partial charge in [-0.2, -0.15) is 4.73 Å². The lowest BCUT2D eigenvalue weighted by Gasteiger charge is -2.29. The molecule has 0 unspecified atom stereocenters. The highest BCUT2D eigenvalue weighted by Crippen LogP contribution is 2.31. The monoisotopic (exact) mass is 330 g/mol. The van der Waals surface area contributed by atoms with Crippen molar-refractivity contribution in [2.24, 2.45) is 0 Å². The zero-order chi connectivity index (χ0) is 16.2. The van der Waals surface area contributed by atoms with E-state index in [0.717, 1.165) is 31.2 Å². The molecular weight excluding hydrogens is 312 g/mol. The fraction of sp³-hybridized carbons (Fsp3) is 0.333. The van der Waals surface area contributed by atoms with Gasteiger partial charge in [0.15, 0.2) is 6.20 Å². The second-order valence-electron chi connectivity index (χ2n) is 5.83. The molecule has 2 aromatic rings. The molecule has 23 heavy (non-hydrogen) atoms. The fourth-order valence-corrected chi connectivity index (χ4v) is 3.25. The van der Waals surface area contributed by atoms with Crippen molar-refractivity contribution in [3.63, 3.8) is 0 Å². The average molecular weight is 331 g/mol. The molecule has 120 valence electrons. The molecule has 0 saturated carbocycles. The lowest BCUT2D eigenvalue weighted by Crippen LogP contribution is -2.43. The van der Waals surface area contributed by atoms with Gasteiger partial charge < -0.3 is 10.1 Å². The summed E-state index contributed by atoms with van der Waals surface area (Å²) in [7, 11) is 0. The highest BCUT2D eigenvalue weighted by molar-refractivity contribution is 6.30. The standard InChI is InChI=1S/C18H19ClN2O2/c19-15-10-8-14(9-11-15)16-6-2-1-4-12-20(16)18(22)17-7-3-5-13-21(17)23/h3,5,7-11,13,16H,1-2,4,6,12H2/t16-/m1/s1. The van der Waals surface area contributed by atoms with Crippen LogP contribution >= 0.6 is 11.6 Å². The summed E-state index contributed by atoms with van der Waals surface area (Å²) >= 11 is 5.97. The van der Waals surface area contributed by atoms with Crippen LogP contribution in [0, 0.1) is 5.21 Å². The Labute approximate surface area is 140 Å². The number of hydrogen-bond acceptors (Lipinski definition) is 2. The third-order valence-electron chi connectivity index (χ3n) is 4.31. The number of carbonyl (C=O) groups is 1. The number of halogens is 1. The van der Waals surface area contributed by atoms with Gasteiger partial charge in [0.05, 0.1) is 6.04 Å². The van der Waals surface area contributed by atoms with Gasteiger partial charge in [-0.25, -0.2) is 0 Å². The number of likely N-dealkylation sites (tertiary alicyclic amines) is 1. The molecule has 1 saturated heterocycles. The van der Waals surface area contributed by atoms with Crippen molar-refractivity contribution in [2.45, 2.75) is 31.7 Å². The topological polar surface area (TPSA) is 47.2 Å². The number of carbonyl (C=O) groups excluding carboxylic acids is 1. The van der Waals surface area contributed by atoms with Gasteiger partial charge in [0.2, 0.25) is 0 Å². The maximum absolute atomic E-state index is 12.9. The largest absolute Gasteiger partial charge is 0.618 e. The number of amides is 1. The van der Waals surface area contributed by atoms with Gasteiger partial charge >= 0.3 is 5.91 Å². The van der Waals surface area contributed by atoms with Crippen LogP contribution in [-0.2, 0) is 0 Å². The van der Waals surface area contributed by atoms with Gasteiger partial charge in [-0.3, -0.25) is 4.79 Å². The Kier molecular flexibility index (Phi) is 4.82. The SMILES string of the molecule is O=C(c1cccc[n+]1[O-])N1CCCCC[C@@H]1c1ccc(Cl)cc1. The summed E-state index contributed by atoms with van der Waals surface area (Å²) in [5, 5.41) is 12.6. The van der Waals surface area contributed by atoms with E-state index in [1.165, 1.54) is 6.20 Å². The Bertz CT molecular complexity index is 688. The van der Waals surface area contributed by atoms with Crippen LogP contribution in [0.4, 0.5) is 0 Å². The van der Waals surface area contributed by atoms with Gasteiger partial charge in [-0.15, -0.1) is 0 Å². The number of pyridine rings is 1. The van der Waals surface area contributed by atoms with Gasteiger partial charge in [-0.05, 0) is 36.6 Å². The molecule has 0 spiro atoms. The van der Waals surface area contributed by atoms with Crippen molar-refractivity contribution in [1.29, 1.82) is 0 Å². The minimum Gasteiger partial charge on any atom is -0.618 e. The third kappa shape index (κ3) is 3.48. The van der Waals surface area contributed by atoms with Crippen molar-refractivity contribution in [2.75, 3.05) is 6.54 Å². The van der Waals surface area contributed by atoms with E-state index in [1.54, 1.807) is 18.2 Å². The highest BCUT2D eigenvalue weighted by Gasteiger charge is 2.31. The first-order valence-electron chi connectivity index (χ1n) is 7.91. The van der Waals surface area contributed by atoms with Crippen LogP contribution in [0.1, 0.15) is 47.8 Å². The Morgan fingerprint density at radius 2 is 1.91 bits per heavy atom. The van der Waals surface area contributed by atoms with Gasteiger partial charge in [0.25, 0.3) is 5.69 Å². The van der Waals surface area contributed by atoms with E-state index in [1.807, 2.05) is 29.2 Å². The minimum atomic E-state index is -0.206. The molecule has 1 amide bonds. The van der Waals surface area contributed by atoms with Crippen LogP contribution in [0.25, 0.3) is 0 Å². The number of hydrogen-bond donors (Lipinski definition) is 0. The summed E-state index contributed by atoms with van der Waals surface area (Å²) < 4.78 is 0.645. The molecule has 1 atom stereocenters. The normalized spacial score (nSPS) is 18.5. The molecule has 1 aliphatic rings. The van der Waals surface area contributed by atoms with E-state index in [2.05, 4.69) is 0 Å². The first kappa shape index (κ1) is 15.8. The van der Waals surface area contributed by atoms with Crippen LogP contribution < -0.4 is 4.73 Å². The van der Waals surface area contributed by atoms with E-state index in [9.17, 15) is 10.0 Å². The predicted molar refractivity (Wildman–Crippen MR) is 89.1 cm³/mol. The molecule has 1 aromatic heterocycles. The zero-order valence-electron chi connectivity index (χ0n) is 12.8. The molecule has 3 rings (SSSR count). The molecule has 1 fully saturated rings. The summed E-state index contributed by atoms with van der Waals surface area (Å²) in [6.07, 6.45) is 5.40. The Hall–Kier alpha value is -2.07. The number of rotatable bonds is 2. The molecule has 1 aromatic carbocycles. The van der Waals surface area contributed by atoms with Crippen LogP contribution in [0.3, 0.4) is 0 Å². The molecule has 0 bridgehead atoms. The molecule has 0 N–H and O–H groups in total. The average Bonchev–Trinajstić information content (AvgIpc) is 2.81. The second kappa shape index (κ2) is 7.01. The Morgan fingerprint density at radius 3 is 2.65 bits per heavy atom. The Morgan fingerprint density at radius 1 is 1.13 bits per heavy atom. The van der Waals surface area contributed by atoms with Crippen LogP contribution in [0.15, 0.2) is 48.7 Å². The van der Waals surface area contributed by atoms with E-state index in [0.29, 0.717) is 16.3 Å². The van der Waals surface area contributed by atoms with Crippen LogP contribution in [-0.4, -0.2) is 17.4 Å². The zero-order valence-corrected chi connectivity index (χ0v) is 13.6. The van der Waals surface area contributed by atoms with Crippen molar-refractivity contribution in [3.8, 4) is 0 Å². The maximum atomic E-state index is 12.9. The van der Waals surface area contributed by atoms with Crippen molar-refractivity contribution in [3.05, 3.63) is 70.1 Å². The number of aromatic nitrogens is 1. The van der Waals surface area contributed by atoms with E-state index >= 15 is 0 Å². The summed E-state index contributed by atoms with van der Waals surface area (Å²) in [6, 6.07) is 12.5. The summed E-state index contributed by atoms with van der Waals surface area (Å²) in [5.74, 6) is -0.206. The lowest BCUT2D eigenvalue weighted by molar-refractivity contribution is -0.608. The summed E-state index contributed by atoms with van der Waals surface area (Å²) in [4.78, 5) is 14.7. The first-order valence-corrected chi connectivity index (χ1v) is 8.29. The molecule has 0 aliphatic carbocycles. The van der Waals surface area contributed by atoms with Crippen molar-refractivity contribution < 1.29 is 9.52 Å². The third-order valence-corrected chi connectivity index (χ3v) is 4.56. The van der Waals surface area contributed by atoms with E-state index < -0.39 is 0 Å². The van der Waals surface area contributed by atoms with Gasteiger partial charge in [-0.1, -0.05) is 36.6 Å². The molecule has 1 aliphatic heterocycles. The molecule has 5 heteroatoms. The van der Waals surface area contributed by atoms with Crippen molar-refractivity contribution >= 4 is 17.5 Å². The lowest BCUT2D eigenvalue weighted by atomic mass is 10.0. The van der Waals surface area contributed by atoms with E-state index in [4.69, 9.17) is 11.6 Å². The van der Waals surface area contributed by atoms with Crippen LogP contribution in [0.5, 0.6) is 0 Å². The first-order chi connectivity index (χ1) is 11.2. The minimum absolute atomic E-state index is 0.0116.